The van der Waals surface area contributed by atoms with Crippen LogP contribution in [0.1, 0.15) is 20.8 Å². The lowest BCUT2D eigenvalue weighted by Crippen LogP contribution is -2.24. The van der Waals surface area contributed by atoms with Gasteiger partial charge < -0.3 is 15.4 Å². The molecule has 1 aromatic carbocycles. The van der Waals surface area contributed by atoms with Crippen molar-refractivity contribution in [2.75, 3.05) is 12.4 Å². The number of benzene rings is 1. The molecule has 27 heavy (non-hydrogen) atoms. The van der Waals surface area contributed by atoms with Crippen LogP contribution in [-0.2, 0) is 24.8 Å². The summed E-state index contributed by atoms with van der Waals surface area (Å²) in [5.41, 5.74) is 1.86. The topological polar surface area (TPSA) is 85.2 Å². The van der Waals surface area contributed by atoms with E-state index in [-0.39, 0.29) is 24.1 Å². The number of rotatable bonds is 7. The van der Waals surface area contributed by atoms with Crippen molar-refractivity contribution in [2.45, 2.75) is 13.0 Å². The van der Waals surface area contributed by atoms with Crippen molar-refractivity contribution in [2.24, 2.45) is 7.05 Å². The van der Waals surface area contributed by atoms with Crippen LogP contribution in [0.15, 0.2) is 48.0 Å². The highest BCUT2D eigenvalue weighted by Crippen LogP contribution is 2.18. The van der Waals surface area contributed by atoms with Gasteiger partial charge >= 0.3 is 0 Å². The first-order valence-electron chi connectivity index (χ1n) is 8.32. The van der Waals surface area contributed by atoms with Crippen LogP contribution in [0.3, 0.4) is 0 Å². The van der Waals surface area contributed by atoms with Gasteiger partial charge in [0, 0.05) is 23.8 Å². The number of carbonyl (C=O) groups excluding carboxylic acids is 2. The Morgan fingerprint density at radius 2 is 2.00 bits per heavy atom. The maximum Gasteiger partial charge on any atom is 0.262 e. The molecular weight excluding hydrogens is 364 g/mol. The molecule has 0 saturated carbocycles. The molecule has 0 atom stereocenters. The summed E-state index contributed by atoms with van der Waals surface area (Å²) in [7, 11) is 3.19. The molecular formula is C19H20N4O3S. The van der Waals surface area contributed by atoms with Crippen molar-refractivity contribution in [1.82, 2.24) is 15.1 Å². The Morgan fingerprint density at radius 3 is 2.67 bits per heavy atom. The van der Waals surface area contributed by atoms with E-state index in [1.165, 1.54) is 11.8 Å². The summed E-state index contributed by atoms with van der Waals surface area (Å²) in [6.45, 7) is 0.539. The zero-order chi connectivity index (χ0) is 19.2. The maximum absolute atomic E-state index is 12.4. The van der Waals surface area contributed by atoms with Gasteiger partial charge in [-0.25, -0.2) is 0 Å². The van der Waals surface area contributed by atoms with Gasteiger partial charge in [-0.15, -0.1) is 16.4 Å². The van der Waals surface area contributed by atoms with E-state index < -0.39 is 0 Å². The second-order valence-electron chi connectivity index (χ2n) is 5.91. The molecule has 2 amide bonds. The van der Waals surface area contributed by atoms with Crippen LogP contribution < -0.4 is 15.4 Å². The molecule has 140 valence electrons. The SMILES string of the molecule is COc1nn(C)cc1C(=O)Nc1ccc(CC(=O)NCc2cccs2)cc1. The van der Waals surface area contributed by atoms with Gasteiger partial charge in [-0.05, 0) is 29.1 Å². The van der Waals surface area contributed by atoms with Gasteiger partial charge in [0.1, 0.15) is 5.56 Å². The normalized spacial score (nSPS) is 10.4. The maximum atomic E-state index is 12.4. The minimum atomic E-state index is -0.304. The monoisotopic (exact) mass is 384 g/mol. The number of hydrogen-bond acceptors (Lipinski definition) is 5. The quantitative estimate of drug-likeness (QED) is 0.656. The summed E-state index contributed by atoms with van der Waals surface area (Å²) in [5, 5.41) is 11.7. The number of amides is 2. The minimum Gasteiger partial charge on any atom is -0.479 e. The summed E-state index contributed by atoms with van der Waals surface area (Å²) in [5.74, 6) is -0.0734. The first-order chi connectivity index (χ1) is 13.0. The number of hydrogen-bond donors (Lipinski definition) is 2. The van der Waals surface area contributed by atoms with Crippen molar-refractivity contribution in [1.29, 1.82) is 0 Å². The summed E-state index contributed by atoms with van der Waals surface area (Å²) < 4.78 is 6.62. The number of aryl methyl sites for hydroxylation is 1. The highest BCUT2D eigenvalue weighted by atomic mass is 32.1. The largest absolute Gasteiger partial charge is 0.479 e. The lowest BCUT2D eigenvalue weighted by Gasteiger charge is -2.07. The van der Waals surface area contributed by atoms with Crippen LogP contribution in [0, 0.1) is 0 Å². The lowest BCUT2D eigenvalue weighted by molar-refractivity contribution is -0.120. The molecule has 0 spiro atoms. The average molecular weight is 384 g/mol. The van der Waals surface area contributed by atoms with Crippen molar-refractivity contribution in [3.05, 3.63) is 64.0 Å². The Kier molecular flexibility index (Phi) is 5.87. The zero-order valence-electron chi connectivity index (χ0n) is 15.1. The predicted molar refractivity (Wildman–Crippen MR) is 104 cm³/mol. The van der Waals surface area contributed by atoms with E-state index in [4.69, 9.17) is 4.74 Å². The minimum absolute atomic E-state index is 0.0414. The van der Waals surface area contributed by atoms with Gasteiger partial charge in [-0.1, -0.05) is 18.2 Å². The standard InChI is InChI=1S/C19H20N4O3S/c1-23-12-16(19(22-23)26-2)18(25)21-14-7-5-13(6-8-14)10-17(24)20-11-15-4-3-9-27-15/h3-9,12H,10-11H2,1-2H3,(H,20,24)(H,21,25). The van der Waals surface area contributed by atoms with E-state index in [1.54, 1.807) is 36.7 Å². The lowest BCUT2D eigenvalue weighted by atomic mass is 10.1. The smallest absolute Gasteiger partial charge is 0.262 e. The number of nitrogens with one attached hydrogen (secondary N) is 2. The fourth-order valence-corrected chi connectivity index (χ4v) is 3.17. The van der Waals surface area contributed by atoms with Crippen LogP contribution in [0.25, 0.3) is 0 Å². The molecule has 0 fully saturated rings. The van der Waals surface area contributed by atoms with Crippen LogP contribution in [0.2, 0.25) is 0 Å². The third kappa shape index (κ3) is 4.95. The number of thiophene rings is 1. The molecule has 0 radical (unpaired) electrons. The third-order valence-corrected chi connectivity index (χ3v) is 4.73. The van der Waals surface area contributed by atoms with Gasteiger partial charge in [0.25, 0.3) is 5.91 Å². The molecule has 2 N–H and O–H groups in total. The number of aromatic nitrogens is 2. The van der Waals surface area contributed by atoms with Gasteiger partial charge in [-0.2, -0.15) is 0 Å². The number of ether oxygens (including phenoxy) is 1. The number of carbonyl (C=O) groups is 2. The zero-order valence-corrected chi connectivity index (χ0v) is 15.9. The summed E-state index contributed by atoms with van der Waals surface area (Å²) in [4.78, 5) is 25.5. The Hall–Kier alpha value is -3.13. The molecule has 3 rings (SSSR count). The Labute approximate surface area is 161 Å². The van der Waals surface area contributed by atoms with Crippen molar-refractivity contribution < 1.29 is 14.3 Å². The number of nitrogens with zero attached hydrogens (tertiary/aromatic N) is 2. The Bertz CT molecular complexity index is 917. The van der Waals surface area contributed by atoms with Crippen LogP contribution in [0.5, 0.6) is 5.88 Å². The summed E-state index contributed by atoms with van der Waals surface area (Å²) >= 11 is 1.61. The van der Waals surface area contributed by atoms with Crippen LogP contribution in [0.4, 0.5) is 5.69 Å². The second kappa shape index (κ2) is 8.50. The van der Waals surface area contributed by atoms with E-state index in [0.29, 0.717) is 17.8 Å². The van der Waals surface area contributed by atoms with Crippen LogP contribution >= 0.6 is 11.3 Å². The molecule has 0 unspecified atom stereocenters. The molecule has 0 aliphatic carbocycles. The molecule has 7 nitrogen and oxygen atoms in total. The highest BCUT2D eigenvalue weighted by molar-refractivity contribution is 7.09. The molecule has 0 saturated heterocycles. The van der Waals surface area contributed by atoms with E-state index in [2.05, 4.69) is 15.7 Å². The number of methoxy groups -OCH3 is 1. The van der Waals surface area contributed by atoms with Crippen molar-refractivity contribution in [3.63, 3.8) is 0 Å². The van der Waals surface area contributed by atoms with E-state index in [1.807, 2.05) is 29.6 Å². The van der Waals surface area contributed by atoms with Crippen LogP contribution in [-0.4, -0.2) is 28.7 Å². The second-order valence-corrected chi connectivity index (χ2v) is 6.94. The molecule has 2 heterocycles. The fraction of sp³-hybridized carbons (Fsp3) is 0.211. The molecule has 3 aromatic rings. The van der Waals surface area contributed by atoms with Crippen molar-refractivity contribution >= 4 is 28.8 Å². The molecule has 0 bridgehead atoms. The van der Waals surface area contributed by atoms with E-state index in [9.17, 15) is 9.59 Å². The van der Waals surface area contributed by atoms with Gasteiger partial charge in [0.15, 0.2) is 0 Å². The van der Waals surface area contributed by atoms with E-state index >= 15 is 0 Å². The first kappa shape index (κ1) is 18.7. The first-order valence-corrected chi connectivity index (χ1v) is 9.20. The molecule has 2 aromatic heterocycles. The molecule has 0 aliphatic rings. The summed E-state index contributed by atoms with van der Waals surface area (Å²) in [6.07, 6.45) is 1.89. The fourth-order valence-electron chi connectivity index (χ4n) is 2.53. The Morgan fingerprint density at radius 1 is 1.22 bits per heavy atom. The highest BCUT2D eigenvalue weighted by Gasteiger charge is 2.16. The van der Waals surface area contributed by atoms with E-state index in [0.717, 1.165) is 10.4 Å². The Balaban J connectivity index is 1.55. The molecule has 0 aliphatic heterocycles. The predicted octanol–water partition coefficient (Wildman–Crippen LogP) is 2.60. The van der Waals surface area contributed by atoms with Gasteiger partial charge in [-0.3, -0.25) is 14.3 Å². The summed E-state index contributed by atoms with van der Waals surface area (Å²) in [6, 6.07) is 11.1. The number of anilines is 1. The molecule has 8 heteroatoms. The van der Waals surface area contributed by atoms with Crippen molar-refractivity contribution in [3.8, 4) is 5.88 Å². The average Bonchev–Trinajstić information content (AvgIpc) is 3.30. The third-order valence-electron chi connectivity index (χ3n) is 3.85. The van der Waals surface area contributed by atoms with Gasteiger partial charge in [0.05, 0.1) is 20.1 Å². The van der Waals surface area contributed by atoms with Gasteiger partial charge in [0.2, 0.25) is 11.8 Å².